The Morgan fingerprint density at radius 2 is 1.96 bits per heavy atom. The van der Waals surface area contributed by atoms with Gasteiger partial charge in [0.15, 0.2) is 11.5 Å². The van der Waals surface area contributed by atoms with Gasteiger partial charge in [0.25, 0.3) is 0 Å². The summed E-state index contributed by atoms with van der Waals surface area (Å²) in [7, 11) is 0. The number of aliphatic hydroxyl groups is 1. The van der Waals surface area contributed by atoms with Gasteiger partial charge in [-0.2, -0.15) is 0 Å². The van der Waals surface area contributed by atoms with Gasteiger partial charge in [-0.3, -0.25) is 0 Å². The molecule has 23 heavy (non-hydrogen) atoms. The molecule has 2 aromatic rings. The molecule has 0 spiro atoms. The number of benzene rings is 2. The van der Waals surface area contributed by atoms with Crippen molar-refractivity contribution in [3.05, 3.63) is 59.2 Å². The third-order valence-electron chi connectivity index (χ3n) is 3.62. The molecule has 0 amide bonds. The molecule has 0 aromatic heterocycles. The molecule has 0 aliphatic carbocycles. The van der Waals surface area contributed by atoms with E-state index in [-0.39, 0.29) is 12.1 Å². The van der Waals surface area contributed by atoms with E-state index in [1.807, 2.05) is 18.2 Å². The Morgan fingerprint density at radius 1 is 1.13 bits per heavy atom. The molecule has 1 atom stereocenters. The average molecular weight is 321 g/mol. The van der Waals surface area contributed by atoms with Crippen molar-refractivity contribution in [2.45, 2.75) is 12.6 Å². The van der Waals surface area contributed by atoms with Crippen LogP contribution in [0.2, 0.25) is 0 Å². The summed E-state index contributed by atoms with van der Waals surface area (Å²) in [6, 6.07) is 8.72. The minimum absolute atomic E-state index is 0.0635. The zero-order chi connectivity index (χ0) is 16.2. The van der Waals surface area contributed by atoms with Gasteiger partial charge in [-0.1, -0.05) is 18.2 Å². The molecule has 0 saturated heterocycles. The van der Waals surface area contributed by atoms with E-state index in [1.54, 1.807) is 0 Å². The summed E-state index contributed by atoms with van der Waals surface area (Å²) in [6.07, 6.45) is -1.06. The number of fused-ring (bicyclic) bond motifs is 1. The lowest BCUT2D eigenvalue weighted by molar-refractivity contribution is 0.164. The van der Waals surface area contributed by atoms with Crippen molar-refractivity contribution in [1.29, 1.82) is 0 Å². The molecule has 1 aliphatic rings. The fraction of sp³-hybridized carbons (Fsp3) is 0.294. The molecule has 2 aromatic carbocycles. The SMILES string of the molecule is OC(CNCc1cccc2c1OCCO2)c1ccc(F)cc1F. The molecular formula is C17H17F2NO3. The second kappa shape index (κ2) is 6.93. The number of ether oxygens (including phenoxy) is 2. The highest BCUT2D eigenvalue weighted by Gasteiger charge is 2.17. The molecule has 3 rings (SSSR count). The highest BCUT2D eigenvalue weighted by Crippen LogP contribution is 2.33. The number of hydrogen-bond donors (Lipinski definition) is 2. The summed E-state index contributed by atoms with van der Waals surface area (Å²) in [5, 5.41) is 13.1. The first-order valence-corrected chi connectivity index (χ1v) is 7.36. The minimum Gasteiger partial charge on any atom is -0.486 e. The van der Waals surface area contributed by atoms with Crippen LogP contribution in [-0.4, -0.2) is 24.9 Å². The van der Waals surface area contributed by atoms with Crippen LogP contribution < -0.4 is 14.8 Å². The Hall–Kier alpha value is -2.18. The summed E-state index contributed by atoms with van der Waals surface area (Å²) in [5.41, 5.74) is 0.961. The summed E-state index contributed by atoms with van der Waals surface area (Å²) < 4.78 is 37.6. The fourth-order valence-corrected chi connectivity index (χ4v) is 2.50. The van der Waals surface area contributed by atoms with E-state index in [1.165, 1.54) is 6.07 Å². The Bertz CT molecular complexity index is 694. The van der Waals surface area contributed by atoms with Crippen molar-refractivity contribution in [2.24, 2.45) is 0 Å². The van der Waals surface area contributed by atoms with Crippen LogP contribution in [0.1, 0.15) is 17.2 Å². The minimum atomic E-state index is -1.06. The molecule has 0 bridgehead atoms. The van der Waals surface area contributed by atoms with Crippen molar-refractivity contribution >= 4 is 0 Å². The monoisotopic (exact) mass is 321 g/mol. The number of rotatable bonds is 5. The Labute approximate surface area is 132 Å². The molecule has 1 aliphatic heterocycles. The predicted molar refractivity (Wildman–Crippen MR) is 80.5 cm³/mol. The molecule has 1 unspecified atom stereocenters. The smallest absolute Gasteiger partial charge is 0.165 e. The zero-order valence-corrected chi connectivity index (χ0v) is 12.4. The van der Waals surface area contributed by atoms with E-state index in [4.69, 9.17) is 9.47 Å². The Morgan fingerprint density at radius 3 is 2.78 bits per heavy atom. The van der Waals surface area contributed by atoms with E-state index in [0.717, 1.165) is 17.7 Å². The molecule has 122 valence electrons. The van der Waals surface area contributed by atoms with Crippen LogP contribution >= 0.6 is 0 Å². The maximum atomic E-state index is 13.6. The van der Waals surface area contributed by atoms with E-state index < -0.39 is 17.7 Å². The molecule has 4 nitrogen and oxygen atoms in total. The van der Waals surface area contributed by atoms with Gasteiger partial charge in [0.2, 0.25) is 0 Å². The number of nitrogens with one attached hydrogen (secondary N) is 1. The quantitative estimate of drug-likeness (QED) is 0.889. The summed E-state index contributed by atoms with van der Waals surface area (Å²) in [4.78, 5) is 0. The van der Waals surface area contributed by atoms with Gasteiger partial charge >= 0.3 is 0 Å². The third-order valence-corrected chi connectivity index (χ3v) is 3.62. The van der Waals surface area contributed by atoms with E-state index in [9.17, 15) is 13.9 Å². The molecule has 6 heteroatoms. The average Bonchev–Trinajstić information content (AvgIpc) is 2.55. The van der Waals surface area contributed by atoms with Crippen LogP contribution in [0.15, 0.2) is 36.4 Å². The second-order valence-electron chi connectivity index (χ2n) is 5.25. The number of para-hydroxylation sites is 1. The lowest BCUT2D eigenvalue weighted by Crippen LogP contribution is -2.23. The van der Waals surface area contributed by atoms with Crippen LogP contribution in [0.3, 0.4) is 0 Å². The maximum Gasteiger partial charge on any atom is 0.165 e. The van der Waals surface area contributed by atoms with Crippen molar-refractivity contribution < 1.29 is 23.4 Å². The maximum absolute atomic E-state index is 13.6. The van der Waals surface area contributed by atoms with Gasteiger partial charge in [0.1, 0.15) is 24.8 Å². The molecule has 0 radical (unpaired) electrons. The van der Waals surface area contributed by atoms with Crippen LogP contribution in [0, 0.1) is 11.6 Å². The summed E-state index contributed by atoms with van der Waals surface area (Å²) in [6.45, 7) is 1.58. The topological polar surface area (TPSA) is 50.7 Å². The van der Waals surface area contributed by atoms with Crippen molar-refractivity contribution in [3.63, 3.8) is 0 Å². The first-order chi connectivity index (χ1) is 11.1. The normalized spacial score (nSPS) is 14.6. The first-order valence-electron chi connectivity index (χ1n) is 7.36. The molecule has 2 N–H and O–H groups in total. The van der Waals surface area contributed by atoms with Gasteiger partial charge in [0, 0.05) is 30.3 Å². The number of hydrogen-bond acceptors (Lipinski definition) is 4. The standard InChI is InChI=1S/C17H17F2NO3/c18-12-4-5-13(14(19)8-12)15(21)10-20-9-11-2-1-3-16-17(11)23-7-6-22-16/h1-5,8,15,20-21H,6-7,9-10H2. The van der Waals surface area contributed by atoms with Gasteiger partial charge in [-0.05, 0) is 12.1 Å². The van der Waals surface area contributed by atoms with Gasteiger partial charge < -0.3 is 19.9 Å². The van der Waals surface area contributed by atoms with Gasteiger partial charge in [-0.25, -0.2) is 8.78 Å². The largest absolute Gasteiger partial charge is 0.486 e. The van der Waals surface area contributed by atoms with E-state index in [0.29, 0.717) is 31.3 Å². The lowest BCUT2D eigenvalue weighted by Gasteiger charge is -2.21. The highest BCUT2D eigenvalue weighted by atomic mass is 19.1. The first kappa shape index (κ1) is 15.7. The van der Waals surface area contributed by atoms with Crippen molar-refractivity contribution in [2.75, 3.05) is 19.8 Å². The van der Waals surface area contributed by atoms with Crippen molar-refractivity contribution in [1.82, 2.24) is 5.32 Å². The number of halogens is 2. The molecule has 1 heterocycles. The number of aliphatic hydroxyl groups excluding tert-OH is 1. The van der Waals surface area contributed by atoms with Crippen LogP contribution in [0.5, 0.6) is 11.5 Å². The van der Waals surface area contributed by atoms with Crippen LogP contribution in [0.25, 0.3) is 0 Å². The Kier molecular flexibility index (Phi) is 4.73. The van der Waals surface area contributed by atoms with Crippen LogP contribution in [0.4, 0.5) is 8.78 Å². The molecule has 0 saturated carbocycles. The summed E-state index contributed by atoms with van der Waals surface area (Å²) >= 11 is 0. The highest BCUT2D eigenvalue weighted by molar-refractivity contribution is 5.47. The fourth-order valence-electron chi connectivity index (χ4n) is 2.50. The van der Waals surface area contributed by atoms with E-state index in [2.05, 4.69) is 5.32 Å². The van der Waals surface area contributed by atoms with Crippen molar-refractivity contribution in [3.8, 4) is 11.5 Å². The third kappa shape index (κ3) is 3.60. The zero-order valence-electron chi connectivity index (χ0n) is 12.4. The van der Waals surface area contributed by atoms with E-state index >= 15 is 0 Å². The lowest BCUT2D eigenvalue weighted by atomic mass is 10.1. The molecule has 0 fully saturated rings. The predicted octanol–water partition coefficient (Wildman–Crippen LogP) is 2.56. The van der Waals surface area contributed by atoms with Gasteiger partial charge in [-0.15, -0.1) is 0 Å². The second-order valence-corrected chi connectivity index (χ2v) is 5.25. The van der Waals surface area contributed by atoms with Crippen LogP contribution in [-0.2, 0) is 6.54 Å². The summed E-state index contributed by atoms with van der Waals surface area (Å²) in [5.74, 6) is -0.0398. The molecular weight excluding hydrogens is 304 g/mol. The van der Waals surface area contributed by atoms with Gasteiger partial charge in [0.05, 0.1) is 6.10 Å². The Balaban J connectivity index is 1.61.